The molecule has 12 heteroatoms. The molecule has 0 fully saturated rings. The van der Waals surface area contributed by atoms with Crippen molar-refractivity contribution in [2.24, 2.45) is 7.05 Å². The Hall–Kier alpha value is -3.54. The standard InChI is InChI=1S/C16H16N8O3S/c1-10-19-22-24(20-10)14-7-5-12(9-17-14)28(25,26)21-15-13(27-3)6-4-11-8-18-23(2)16(11)15/h4-9,21H,1-3H3. The minimum absolute atomic E-state index is 0.0192. The van der Waals surface area contributed by atoms with E-state index in [4.69, 9.17) is 4.74 Å². The van der Waals surface area contributed by atoms with Gasteiger partial charge in [-0.3, -0.25) is 9.40 Å². The van der Waals surface area contributed by atoms with Gasteiger partial charge in [0.2, 0.25) is 0 Å². The molecule has 3 aromatic heterocycles. The number of sulfonamides is 1. The Bertz CT molecular complexity index is 1260. The summed E-state index contributed by atoms with van der Waals surface area (Å²) in [6.07, 6.45) is 2.88. The molecule has 0 atom stereocenters. The van der Waals surface area contributed by atoms with Crippen LogP contribution in [0.3, 0.4) is 0 Å². The van der Waals surface area contributed by atoms with Crippen molar-refractivity contribution in [3.8, 4) is 11.6 Å². The summed E-state index contributed by atoms with van der Waals surface area (Å²) < 4.78 is 35.3. The van der Waals surface area contributed by atoms with Gasteiger partial charge in [0.05, 0.1) is 18.8 Å². The minimum atomic E-state index is -3.93. The van der Waals surface area contributed by atoms with E-state index < -0.39 is 10.0 Å². The first-order chi connectivity index (χ1) is 13.4. The first-order valence-corrected chi connectivity index (χ1v) is 9.62. The van der Waals surface area contributed by atoms with E-state index >= 15 is 0 Å². The third-order valence-corrected chi connectivity index (χ3v) is 5.41. The number of aromatic nitrogens is 7. The summed E-state index contributed by atoms with van der Waals surface area (Å²) in [7, 11) is -0.729. The highest BCUT2D eigenvalue weighted by Crippen LogP contribution is 2.34. The molecule has 0 aliphatic carbocycles. The molecule has 0 bridgehead atoms. The maximum Gasteiger partial charge on any atom is 0.263 e. The highest BCUT2D eigenvalue weighted by atomic mass is 32.2. The van der Waals surface area contributed by atoms with Crippen molar-refractivity contribution in [2.45, 2.75) is 11.8 Å². The van der Waals surface area contributed by atoms with Crippen LogP contribution in [0.1, 0.15) is 5.82 Å². The second-order valence-electron chi connectivity index (χ2n) is 5.93. The highest BCUT2D eigenvalue weighted by molar-refractivity contribution is 7.92. The maximum atomic E-state index is 12.9. The van der Waals surface area contributed by atoms with Crippen molar-refractivity contribution in [3.63, 3.8) is 0 Å². The predicted molar refractivity (Wildman–Crippen MR) is 99.8 cm³/mol. The van der Waals surface area contributed by atoms with Crippen LogP contribution >= 0.6 is 0 Å². The number of ether oxygens (including phenoxy) is 1. The van der Waals surface area contributed by atoms with Crippen LogP contribution in [0.15, 0.2) is 41.6 Å². The number of fused-ring (bicyclic) bond motifs is 1. The molecule has 0 saturated heterocycles. The van der Waals surface area contributed by atoms with Gasteiger partial charge in [0.15, 0.2) is 11.6 Å². The maximum absolute atomic E-state index is 12.9. The minimum Gasteiger partial charge on any atom is -0.494 e. The lowest BCUT2D eigenvalue weighted by Gasteiger charge is -2.13. The number of aryl methyl sites for hydroxylation is 2. The fourth-order valence-electron chi connectivity index (χ4n) is 2.74. The van der Waals surface area contributed by atoms with Crippen molar-refractivity contribution < 1.29 is 13.2 Å². The van der Waals surface area contributed by atoms with Crippen LogP contribution in [-0.4, -0.2) is 50.5 Å². The van der Waals surface area contributed by atoms with Gasteiger partial charge in [0.25, 0.3) is 10.0 Å². The van der Waals surface area contributed by atoms with Gasteiger partial charge >= 0.3 is 0 Å². The monoisotopic (exact) mass is 400 g/mol. The second kappa shape index (κ2) is 6.56. The lowest BCUT2D eigenvalue weighted by Crippen LogP contribution is -2.15. The van der Waals surface area contributed by atoms with Crippen LogP contribution < -0.4 is 9.46 Å². The Morgan fingerprint density at radius 1 is 1.14 bits per heavy atom. The van der Waals surface area contributed by atoms with Crippen molar-refractivity contribution in [1.82, 2.24) is 35.0 Å². The van der Waals surface area contributed by atoms with Gasteiger partial charge in [0.1, 0.15) is 16.3 Å². The molecule has 0 saturated carbocycles. The molecular formula is C16H16N8O3S. The van der Waals surface area contributed by atoms with Crippen LogP contribution in [0, 0.1) is 6.92 Å². The average molecular weight is 400 g/mol. The number of benzene rings is 1. The molecule has 4 rings (SSSR count). The van der Waals surface area contributed by atoms with Gasteiger partial charge in [0, 0.05) is 18.6 Å². The van der Waals surface area contributed by atoms with Gasteiger partial charge in [-0.05, 0) is 36.4 Å². The molecule has 11 nitrogen and oxygen atoms in total. The largest absolute Gasteiger partial charge is 0.494 e. The van der Waals surface area contributed by atoms with E-state index in [9.17, 15) is 8.42 Å². The fourth-order valence-corrected chi connectivity index (χ4v) is 3.76. The first kappa shape index (κ1) is 17.9. The molecule has 144 valence electrons. The summed E-state index contributed by atoms with van der Waals surface area (Å²) in [5.41, 5.74) is 0.910. The van der Waals surface area contributed by atoms with Crippen LogP contribution in [0.2, 0.25) is 0 Å². The number of tetrazole rings is 1. The summed E-state index contributed by atoms with van der Waals surface area (Å²) >= 11 is 0. The molecule has 1 N–H and O–H groups in total. The van der Waals surface area contributed by atoms with E-state index in [0.717, 1.165) is 5.39 Å². The number of pyridine rings is 1. The lowest BCUT2D eigenvalue weighted by atomic mass is 10.2. The molecule has 0 radical (unpaired) electrons. The van der Waals surface area contributed by atoms with E-state index in [-0.39, 0.29) is 4.90 Å². The Morgan fingerprint density at radius 3 is 2.61 bits per heavy atom. The smallest absolute Gasteiger partial charge is 0.263 e. The zero-order chi connectivity index (χ0) is 19.9. The Labute approximate surface area is 160 Å². The first-order valence-electron chi connectivity index (χ1n) is 8.13. The molecule has 4 aromatic rings. The number of nitrogens with one attached hydrogen (secondary N) is 1. The average Bonchev–Trinajstić information content (AvgIpc) is 3.28. The van der Waals surface area contributed by atoms with Crippen LogP contribution in [0.5, 0.6) is 5.75 Å². The number of methoxy groups -OCH3 is 1. The third-order valence-electron chi connectivity index (χ3n) is 4.07. The Kier molecular flexibility index (Phi) is 4.19. The lowest BCUT2D eigenvalue weighted by molar-refractivity contribution is 0.417. The van der Waals surface area contributed by atoms with Crippen molar-refractivity contribution in [3.05, 3.63) is 42.5 Å². The van der Waals surface area contributed by atoms with Gasteiger partial charge in [-0.1, -0.05) is 0 Å². The van der Waals surface area contributed by atoms with Gasteiger partial charge < -0.3 is 4.74 Å². The zero-order valence-electron chi connectivity index (χ0n) is 15.2. The Balaban J connectivity index is 1.72. The number of rotatable bonds is 5. The van der Waals surface area contributed by atoms with Crippen LogP contribution in [-0.2, 0) is 17.1 Å². The normalized spacial score (nSPS) is 11.7. The van der Waals surface area contributed by atoms with Crippen molar-refractivity contribution in [1.29, 1.82) is 0 Å². The Morgan fingerprint density at radius 2 is 1.96 bits per heavy atom. The molecule has 0 aliphatic rings. The molecule has 0 aliphatic heterocycles. The fraction of sp³-hybridized carbons (Fsp3) is 0.188. The highest BCUT2D eigenvalue weighted by Gasteiger charge is 2.21. The molecule has 3 heterocycles. The molecular weight excluding hydrogens is 384 g/mol. The van der Waals surface area contributed by atoms with Gasteiger partial charge in [-0.15, -0.1) is 15.0 Å². The topological polar surface area (TPSA) is 130 Å². The zero-order valence-corrected chi connectivity index (χ0v) is 16.0. The number of hydrogen-bond acceptors (Lipinski definition) is 8. The number of nitrogens with zero attached hydrogens (tertiary/aromatic N) is 7. The van der Waals surface area contributed by atoms with E-state index in [2.05, 4.69) is 30.2 Å². The quantitative estimate of drug-likeness (QED) is 0.526. The van der Waals surface area contributed by atoms with E-state index in [1.165, 1.54) is 30.2 Å². The van der Waals surface area contributed by atoms with Crippen LogP contribution in [0.25, 0.3) is 16.7 Å². The van der Waals surface area contributed by atoms with E-state index in [1.807, 2.05) is 6.07 Å². The summed E-state index contributed by atoms with van der Waals surface area (Å²) in [6, 6.07) is 6.40. The summed E-state index contributed by atoms with van der Waals surface area (Å²) in [5.74, 6) is 1.22. The number of hydrogen-bond donors (Lipinski definition) is 1. The second-order valence-corrected chi connectivity index (χ2v) is 7.61. The van der Waals surface area contributed by atoms with Gasteiger partial charge in [-0.25, -0.2) is 13.4 Å². The van der Waals surface area contributed by atoms with E-state index in [0.29, 0.717) is 28.6 Å². The molecule has 0 unspecified atom stereocenters. The number of anilines is 1. The predicted octanol–water partition coefficient (Wildman–Crippen LogP) is 1.06. The molecule has 0 amide bonds. The van der Waals surface area contributed by atoms with E-state index in [1.54, 1.807) is 30.9 Å². The van der Waals surface area contributed by atoms with Gasteiger partial charge in [-0.2, -0.15) is 5.10 Å². The summed E-state index contributed by atoms with van der Waals surface area (Å²) in [5, 5.41) is 16.6. The molecule has 0 spiro atoms. The van der Waals surface area contributed by atoms with Crippen LogP contribution in [0.4, 0.5) is 5.69 Å². The van der Waals surface area contributed by atoms with Crippen molar-refractivity contribution in [2.75, 3.05) is 11.8 Å². The van der Waals surface area contributed by atoms with Crippen molar-refractivity contribution >= 4 is 26.6 Å². The SMILES string of the molecule is COc1ccc2cnn(C)c2c1NS(=O)(=O)c1ccc(-n2nnc(C)n2)nc1. The summed E-state index contributed by atoms with van der Waals surface area (Å²) in [6.45, 7) is 1.69. The molecule has 1 aromatic carbocycles. The summed E-state index contributed by atoms with van der Waals surface area (Å²) in [4.78, 5) is 5.31. The molecule has 28 heavy (non-hydrogen) atoms. The third kappa shape index (κ3) is 3.03.